The lowest BCUT2D eigenvalue weighted by atomic mass is 9.77. The maximum Gasteiger partial charge on any atom is 0.123 e. The molecular formula is C18H19Cl2F. The highest BCUT2D eigenvalue weighted by Gasteiger charge is 2.31. The van der Waals surface area contributed by atoms with Gasteiger partial charge in [0.15, 0.2) is 0 Å². The molecule has 0 aliphatic rings. The Morgan fingerprint density at radius 3 is 2.14 bits per heavy atom. The van der Waals surface area contributed by atoms with E-state index in [0.717, 1.165) is 16.7 Å². The van der Waals surface area contributed by atoms with E-state index < -0.39 is 0 Å². The Balaban J connectivity index is 2.42. The van der Waals surface area contributed by atoms with E-state index in [1.54, 1.807) is 12.1 Å². The molecule has 0 aliphatic carbocycles. The predicted molar refractivity (Wildman–Crippen MR) is 89.1 cm³/mol. The SMILES string of the molecule is Cc1ccc(C(CCl)(CCl)Cc2cc(F)ccc2C)cc1. The van der Waals surface area contributed by atoms with Crippen molar-refractivity contribution >= 4 is 23.2 Å². The second kappa shape index (κ2) is 6.81. The van der Waals surface area contributed by atoms with Gasteiger partial charge in [0.25, 0.3) is 0 Å². The predicted octanol–water partition coefficient (Wildman–Crippen LogP) is 5.40. The molecule has 0 aliphatic heterocycles. The van der Waals surface area contributed by atoms with Crippen LogP contribution in [0.1, 0.15) is 22.3 Å². The molecule has 21 heavy (non-hydrogen) atoms. The molecule has 0 saturated carbocycles. The normalized spacial score (nSPS) is 11.7. The van der Waals surface area contributed by atoms with Crippen LogP contribution in [0.2, 0.25) is 0 Å². The van der Waals surface area contributed by atoms with E-state index in [9.17, 15) is 4.39 Å². The van der Waals surface area contributed by atoms with Crippen LogP contribution >= 0.6 is 23.2 Å². The first-order chi connectivity index (χ1) is 10.0. The fourth-order valence-electron chi connectivity index (χ4n) is 2.49. The van der Waals surface area contributed by atoms with Crippen LogP contribution in [-0.2, 0) is 11.8 Å². The fourth-order valence-corrected chi connectivity index (χ4v) is 3.27. The summed E-state index contributed by atoms with van der Waals surface area (Å²) >= 11 is 12.5. The fraction of sp³-hybridized carbons (Fsp3) is 0.333. The van der Waals surface area contributed by atoms with E-state index in [0.29, 0.717) is 18.2 Å². The molecule has 0 unspecified atom stereocenters. The van der Waals surface area contributed by atoms with E-state index in [1.807, 2.05) is 13.8 Å². The average molecular weight is 325 g/mol. The Hall–Kier alpha value is -1.05. The van der Waals surface area contributed by atoms with Gasteiger partial charge < -0.3 is 0 Å². The molecule has 0 atom stereocenters. The highest BCUT2D eigenvalue weighted by atomic mass is 35.5. The lowest BCUT2D eigenvalue weighted by Crippen LogP contribution is -2.33. The lowest BCUT2D eigenvalue weighted by Gasteiger charge is -2.31. The average Bonchev–Trinajstić information content (AvgIpc) is 2.49. The van der Waals surface area contributed by atoms with Gasteiger partial charge in [0.1, 0.15) is 5.82 Å². The molecule has 3 heteroatoms. The molecule has 0 spiro atoms. The third kappa shape index (κ3) is 3.59. The summed E-state index contributed by atoms with van der Waals surface area (Å²) in [4.78, 5) is 0. The number of hydrogen-bond donors (Lipinski definition) is 0. The monoisotopic (exact) mass is 324 g/mol. The second-order valence-corrected chi connectivity index (χ2v) is 6.20. The summed E-state index contributed by atoms with van der Waals surface area (Å²) in [6, 6.07) is 13.1. The highest BCUT2D eigenvalue weighted by molar-refractivity contribution is 6.22. The van der Waals surface area contributed by atoms with E-state index in [-0.39, 0.29) is 11.2 Å². The molecule has 112 valence electrons. The summed E-state index contributed by atoms with van der Waals surface area (Å²) in [5.41, 5.74) is 3.93. The summed E-state index contributed by atoms with van der Waals surface area (Å²) in [6.45, 7) is 4.03. The standard InChI is InChI=1S/C18H19Cl2F/c1-13-3-6-16(7-4-13)18(11-19,12-20)10-15-9-17(21)8-5-14(15)2/h3-9H,10-12H2,1-2H3. The second-order valence-electron chi connectivity index (χ2n) is 5.66. The first-order valence-electron chi connectivity index (χ1n) is 6.95. The molecule has 0 aromatic heterocycles. The molecule has 0 saturated heterocycles. The number of benzene rings is 2. The maximum atomic E-state index is 13.5. The van der Waals surface area contributed by atoms with Crippen molar-refractivity contribution in [1.82, 2.24) is 0 Å². The Labute approximate surface area is 135 Å². The lowest BCUT2D eigenvalue weighted by molar-refractivity contribution is 0.531. The third-order valence-electron chi connectivity index (χ3n) is 4.02. The van der Waals surface area contributed by atoms with Gasteiger partial charge in [-0.3, -0.25) is 0 Å². The quantitative estimate of drug-likeness (QED) is 0.646. The van der Waals surface area contributed by atoms with Crippen LogP contribution in [0.25, 0.3) is 0 Å². The molecule has 2 rings (SSSR count). The minimum absolute atomic E-state index is 0.224. The van der Waals surface area contributed by atoms with Crippen LogP contribution in [0.3, 0.4) is 0 Å². The number of halogens is 3. The van der Waals surface area contributed by atoms with Gasteiger partial charge in [-0.25, -0.2) is 4.39 Å². The summed E-state index contributed by atoms with van der Waals surface area (Å²) in [5.74, 6) is 0.572. The molecule has 0 bridgehead atoms. The zero-order chi connectivity index (χ0) is 15.5. The molecule has 0 nitrogen and oxygen atoms in total. The Morgan fingerprint density at radius 1 is 0.952 bits per heavy atom. The van der Waals surface area contributed by atoms with Crippen molar-refractivity contribution in [3.8, 4) is 0 Å². The van der Waals surface area contributed by atoms with Gasteiger partial charge in [0.2, 0.25) is 0 Å². The van der Waals surface area contributed by atoms with Crippen molar-refractivity contribution in [2.75, 3.05) is 11.8 Å². The zero-order valence-electron chi connectivity index (χ0n) is 12.3. The topological polar surface area (TPSA) is 0 Å². The van der Waals surface area contributed by atoms with Crippen molar-refractivity contribution in [2.24, 2.45) is 0 Å². The third-order valence-corrected chi connectivity index (χ3v) is 5.04. The van der Waals surface area contributed by atoms with Crippen molar-refractivity contribution in [1.29, 1.82) is 0 Å². The number of alkyl halides is 2. The van der Waals surface area contributed by atoms with Gasteiger partial charge in [-0.1, -0.05) is 35.9 Å². The Kier molecular flexibility index (Phi) is 5.29. The van der Waals surface area contributed by atoms with Crippen molar-refractivity contribution in [3.63, 3.8) is 0 Å². The van der Waals surface area contributed by atoms with E-state index >= 15 is 0 Å². The largest absolute Gasteiger partial charge is 0.207 e. The summed E-state index contributed by atoms with van der Waals surface area (Å²) in [5, 5.41) is 0. The Morgan fingerprint density at radius 2 is 1.57 bits per heavy atom. The summed E-state index contributed by atoms with van der Waals surface area (Å²) < 4.78 is 13.5. The van der Waals surface area contributed by atoms with E-state index in [4.69, 9.17) is 23.2 Å². The zero-order valence-corrected chi connectivity index (χ0v) is 13.8. The minimum atomic E-state index is -0.380. The van der Waals surface area contributed by atoms with Crippen LogP contribution < -0.4 is 0 Å². The number of hydrogen-bond acceptors (Lipinski definition) is 0. The molecule has 0 fully saturated rings. The van der Waals surface area contributed by atoms with Gasteiger partial charge in [-0.05, 0) is 49.1 Å². The van der Waals surface area contributed by atoms with Gasteiger partial charge in [-0.15, -0.1) is 23.2 Å². The van der Waals surface area contributed by atoms with Crippen LogP contribution in [0.5, 0.6) is 0 Å². The van der Waals surface area contributed by atoms with Crippen LogP contribution in [0, 0.1) is 19.7 Å². The molecule has 0 N–H and O–H groups in total. The van der Waals surface area contributed by atoms with Crippen molar-refractivity contribution < 1.29 is 4.39 Å². The summed E-state index contributed by atoms with van der Waals surface area (Å²) in [6.07, 6.45) is 0.632. The molecule has 0 radical (unpaired) electrons. The van der Waals surface area contributed by atoms with Gasteiger partial charge in [0.05, 0.1) is 0 Å². The molecule has 2 aromatic rings. The van der Waals surface area contributed by atoms with Gasteiger partial charge >= 0.3 is 0 Å². The number of aryl methyl sites for hydroxylation is 2. The molecule has 0 amide bonds. The molecular weight excluding hydrogens is 306 g/mol. The minimum Gasteiger partial charge on any atom is -0.207 e. The van der Waals surface area contributed by atoms with Gasteiger partial charge in [-0.2, -0.15) is 0 Å². The van der Waals surface area contributed by atoms with Crippen molar-refractivity contribution in [2.45, 2.75) is 25.7 Å². The first-order valence-corrected chi connectivity index (χ1v) is 8.02. The summed E-state index contributed by atoms with van der Waals surface area (Å²) in [7, 11) is 0. The maximum absolute atomic E-state index is 13.5. The van der Waals surface area contributed by atoms with Crippen LogP contribution in [-0.4, -0.2) is 11.8 Å². The van der Waals surface area contributed by atoms with Crippen molar-refractivity contribution in [3.05, 3.63) is 70.5 Å². The van der Waals surface area contributed by atoms with Crippen LogP contribution in [0.15, 0.2) is 42.5 Å². The van der Waals surface area contributed by atoms with Crippen LogP contribution in [0.4, 0.5) is 4.39 Å². The van der Waals surface area contributed by atoms with E-state index in [1.165, 1.54) is 11.6 Å². The van der Waals surface area contributed by atoms with E-state index in [2.05, 4.69) is 24.3 Å². The highest BCUT2D eigenvalue weighted by Crippen LogP contribution is 2.33. The Bertz CT molecular complexity index is 601. The smallest absolute Gasteiger partial charge is 0.123 e. The molecule has 0 heterocycles. The van der Waals surface area contributed by atoms with Gasteiger partial charge in [0, 0.05) is 17.2 Å². The number of rotatable bonds is 5. The molecule has 2 aromatic carbocycles. The first kappa shape index (κ1) is 16.3.